The van der Waals surface area contributed by atoms with E-state index in [1.165, 1.54) is 18.4 Å². The molecule has 0 amide bonds. The van der Waals surface area contributed by atoms with E-state index in [-0.39, 0.29) is 12.1 Å². The van der Waals surface area contributed by atoms with E-state index >= 15 is 0 Å². The molecule has 1 heterocycles. The molecule has 0 spiro atoms. The van der Waals surface area contributed by atoms with Crippen molar-refractivity contribution < 1.29 is 23.7 Å². The van der Waals surface area contributed by atoms with Crippen molar-refractivity contribution in [2.75, 3.05) is 41.0 Å². The van der Waals surface area contributed by atoms with Gasteiger partial charge in [-0.05, 0) is 37.0 Å². The summed E-state index contributed by atoms with van der Waals surface area (Å²) in [6.07, 6.45) is 5.61. The maximum Gasteiger partial charge on any atom is 0.338 e. The number of likely N-dealkylation sites (tertiary alicyclic amines) is 1. The summed E-state index contributed by atoms with van der Waals surface area (Å²) in [5, 5.41) is 0. The topological polar surface area (TPSA) is 57.2 Å². The smallest absolute Gasteiger partial charge is 0.338 e. The molecule has 0 N–H and O–H groups in total. The highest BCUT2D eigenvalue weighted by Gasteiger charge is 2.40. The molecule has 2 bridgehead atoms. The van der Waals surface area contributed by atoms with E-state index in [9.17, 15) is 4.79 Å². The molecule has 178 valence electrons. The fourth-order valence-corrected chi connectivity index (χ4v) is 5.35. The van der Waals surface area contributed by atoms with Gasteiger partial charge >= 0.3 is 5.97 Å². The minimum atomic E-state index is -0.325. The van der Waals surface area contributed by atoms with Gasteiger partial charge < -0.3 is 23.8 Å². The molecule has 0 aromatic heterocycles. The maximum atomic E-state index is 13.2. The molecule has 2 aromatic rings. The molecular formula is C27H35NO5. The number of carbonyl (C=O) groups is 1. The van der Waals surface area contributed by atoms with Crippen LogP contribution in [0.2, 0.25) is 0 Å². The Hall–Kier alpha value is -2.73. The minimum Gasteiger partial charge on any atom is -0.493 e. The van der Waals surface area contributed by atoms with Crippen LogP contribution in [-0.4, -0.2) is 57.9 Å². The quantitative estimate of drug-likeness (QED) is 0.545. The number of carbonyl (C=O) groups excluding carboxylic acids is 1. The van der Waals surface area contributed by atoms with Crippen LogP contribution in [0.4, 0.5) is 0 Å². The second-order valence-electron chi connectivity index (χ2n) is 9.08. The van der Waals surface area contributed by atoms with Gasteiger partial charge in [-0.15, -0.1) is 0 Å². The van der Waals surface area contributed by atoms with Gasteiger partial charge in [-0.3, -0.25) is 0 Å². The summed E-state index contributed by atoms with van der Waals surface area (Å²) in [4.78, 5) is 15.8. The number of methoxy groups -OCH3 is 3. The standard InChI is InChI=1S/C27H35NO5/c1-30-23-15-22(16-24(31-2)26(23)32-3)27(29)33-25-20-11-7-8-12-21(25)18-28(17-20)14-13-19-9-5-4-6-10-19/h4-6,9-10,15-16,20-21,25H,7-8,11-14,17-18H2,1-3H3. The molecule has 0 radical (unpaired) electrons. The zero-order valence-corrected chi connectivity index (χ0v) is 19.9. The molecule has 4 rings (SSSR count). The SMILES string of the molecule is COc1cc(C(=O)OC2C3CCCCC2CN(CCc2ccccc2)C3)cc(OC)c1OC. The van der Waals surface area contributed by atoms with Gasteiger partial charge in [0.2, 0.25) is 5.75 Å². The molecule has 2 fully saturated rings. The first-order chi connectivity index (χ1) is 16.1. The lowest BCUT2D eigenvalue weighted by Gasteiger charge is -2.42. The Morgan fingerprint density at radius 1 is 0.909 bits per heavy atom. The fourth-order valence-electron chi connectivity index (χ4n) is 5.35. The Labute approximate surface area is 196 Å². The Kier molecular flexibility index (Phi) is 7.76. The van der Waals surface area contributed by atoms with Crippen molar-refractivity contribution >= 4 is 5.97 Å². The van der Waals surface area contributed by atoms with Crippen molar-refractivity contribution in [2.24, 2.45) is 11.8 Å². The maximum absolute atomic E-state index is 13.2. The van der Waals surface area contributed by atoms with E-state index in [2.05, 4.69) is 35.2 Å². The predicted octanol–water partition coefficient (Wildman–Crippen LogP) is 4.60. The van der Waals surface area contributed by atoms with Gasteiger partial charge in [0.25, 0.3) is 0 Å². The van der Waals surface area contributed by atoms with Crippen molar-refractivity contribution in [3.63, 3.8) is 0 Å². The molecule has 1 saturated carbocycles. The third kappa shape index (κ3) is 5.44. The van der Waals surface area contributed by atoms with E-state index in [4.69, 9.17) is 18.9 Å². The highest BCUT2D eigenvalue weighted by Crippen LogP contribution is 2.40. The molecule has 2 aliphatic rings. The van der Waals surface area contributed by atoms with E-state index in [0.29, 0.717) is 34.6 Å². The Bertz CT molecular complexity index is 890. The summed E-state index contributed by atoms with van der Waals surface area (Å²) in [7, 11) is 4.65. The Balaban J connectivity index is 1.46. The molecule has 2 aromatic carbocycles. The Morgan fingerprint density at radius 3 is 2.06 bits per heavy atom. The third-order valence-corrected chi connectivity index (χ3v) is 7.02. The van der Waals surface area contributed by atoms with Gasteiger partial charge in [-0.2, -0.15) is 0 Å². The van der Waals surface area contributed by atoms with E-state index in [0.717, 1.165) is 38.9 Å². The first-order valence-electron chi connectivity index (χ1n) is 11.9. The minimum absolute atomic E-state index is 0.0490. The van der Waals surface area contributed by atoms with Crippen molar-refractivity contribution in [3.8, 4) is 17.2 Å². The number of rotatable bonds is 8. The van der Waals surface area contributed by atoms with Crippen LogP contribution in [0, 0.1) is 11.8 Å². The summed E-state index contributed by atoms with van der Waals surface area (Å²) in [6.45, 7) is 3.01. The molecular weight excluding hydrogens is 418 g/mol. The largest absolute Gasteiger partial charge is 0.493 e. The number of hydrogen-bond donors (Lipinski definition) is 0. The van der Waals surface area contributed by atoms with Gasteiger partial charge in [0.1, 0.15) is 6.10 Å². The number of benzene rings is 2. The molecule has 33 heavy (non-hydrogen) atoms. The van der Waals surface area contributed by atoms with Gasteiger partial charge in [0.05, 0.1) is 26.9 Å². The number of nitrogens with zero attached hydrogens (tertiary/aromatic N) is 1. The highest BCUT2D eigenvalue weighted by atomic mass is 16.5. The van der Waals surface area contributed by atoms with Crippen LogP contribution in [0.15, 0.2) is 42.5 Å². The predicted molar refractivity (Wildman–Crippen MR) is 127 cm³/mol. The lowest BCUT2D eigenvalue weighted by molar-refractivity contribution is -0.0444. The first-order valence-corrected chi connectivity index (χ1v) is 11.9. The summed E-state index contributed by atoms with van der Waals surface area (Å²) < 4.78 is 22.4. The summed E-state index contributed by atoms with van der Waals surface area (Å²) in [6, 6.07) is 14.0. The van der Waals surface area contributed by atoms with Crippen molar-refractivity contribution in [1.29, 1.82) is 0 Å². The number of hydrogen-bond acceptors (Lipinski definition) is 6. The number of piperidine rings is 1. The highest BCUT2D eigenvalue weighted by molar-refractivity contribution is 5.91. The molecule has 6 nitrogen and oxygen atoms in total. The van der Waals surface area contributed by atoms with Gasteiger partial charge in [-0.25, -0.2) is 4.79 Å². The fraction of sp³-hybridized carbons (Fsp3) is 0.519. The third-order valence-electron chi connectivity index (χ3n) is 7.02. The lowest BCUT2D eigenvalue weighted by atomic mass is 9.84. The average molecular weight is 454 g/mol. The van der Waals surface area contributed by atoms with Crippen LogP contribution < -0.4 is 14.2 Å². The molecule has 6 heteroatoms. The zero-order chi connectivity index (χ0) is 23.2. The zero-order valence-electron chi connectivity index (χ0n) is 19.9. The second kappa shape index (κ2) is 10.9. The van der Waals surface area contributed by atoms with Crippen molar-refractivity contribution in [2.45, 2.75) is 38.2 Å². The van der Waals surface area contributed by atoms with Crippen LogP contribution in [0.5, 0.6) is 17.2 Å². The lowest BCUT2D eigenvalue weighted by Crippen LogP contribution is -2.50. The van der Waals surface area contributed by atoms with Crippen LogP contribution in [0.3, 0.4) is 0 Å². The van der Waals surface area contributed by atoms with Crippen LogP contribution in [-0.2, 0) is 11.2 Å². The first kappa shape index (κ1) is 23.4. The molecule has 1 aliphatic carbocycles. The van der Waals surface area contributed by atoms with Crippen LogP contribution >= 0.6 is 0 Å². The molecule has 1 saturated heterocycles. The van der Waals surface area contributed by atoms with Crippen LogP contribution in [0.1, 0.15) is 41.6 Å². The number of esters is 1. The van der Waals surface area contributed by atoms with E-state index in [1.54, 1.807) is 33.5 Å². The van der Waals surface area contributed by atoms with Crippen molar-refractivity contribution in [1.82, 2.24) is 4.90 Å². The van der Waals surface area contributed by atoms with Crippen LogP contribution in [0.25, 0.3) is 0 Å². The summed E-state index contributed by atoms with van der Waals surface area (Å²) in [5.41, 5.74) is 1.80. The van der Waals surface area contributed by atoms with E-state index < -0.39 is 0 Å². The monoisotopic (exact) mass is 453 g/mol. The van der Waals surface area contributed by atoms with Gasteiger partial charge in [0.15, 0.2) is 11.5 Å². The van der Waals surface area contributed by atoms with Gasteiger partial charge in [0, 0.05) is 31.5 Å². The molecule has 2 unspecified atom stereocenters. The normalized spacial score (nSPS) is 22.8. The summed E-state index contributed by atoms with van der Waals surface area (Å²) in [5.74, 6) is 1.79. The van der Waals surface area contributed by atoms with Gasteiger partial charge in [-0.1, -0.05) is 43.2 Å². The average Bonchev–Trinajstić information content (AvgIpc) is 2.96. The van der Waals surface area contributed by atoms with E-state index in [1.807, 2.05) is 0 Å². The second-order valence-corrected chi connectivity index (χ2v) is 9.08. The Morgan fingerprint density at radius 2 is 1.52 bits per heavy atom. The van der Waals surface area contributed by atoms with Crippen molar-refractivity contribution in [3.05, 3.63) is 53.6 Å². The summed E-state index contributed by atoms with van der Waals surface area (Å²) >= 11 is 0. The molecule has 2 atom stereocenters. The number of ether oxygens (including phenoxy) is 4. The molecule has 1 aliphatic heterocycles. The number of fused-ring (bicyclic) bond motifs is 2.